The molecule has 2 aliphatic heterocycles. The summed E-state index contributed by atoms with van der Waals surface area (Å²) in [5.41, 5.74) is 11.3. The summed E-state index contributed by atoms with van der Waals surface area (Å²) in [5, 5.41) is 0. The molecule has 3 nitrogen and oxygen atoms in total. The molecule has 2 aliphatic rings. The monoisotopic (exact) mass is 497 g/mol. The largest absolute Gasteiger partial charge is 0.310 e. The van der Waals surface area contributed by atoms with Gasteiger partial charge in [0, 0.05) is 29.8 Å². The van der Waals surface area contributed by atoms with Crippen molar-refractivity contribution in [3.05, 3.63) is 168 Å². The van der Waals surface area contributed by atoms with Crippen molar-refractivity contribution in [3.63, 3.8) is 0 Å². The lowest BCUT2D eigenvalue weighted by atomic mass is 9.31. The van der Waals surface area contributed by atoms with Gasteiger partial charge < -0.3 is 4.90 Å². The molecule has 4 heterocycles. The molecule has 0 bridgehead atoms. The molecule has 182 valence electrons. The molecular formula is C35H24BN3. The fraction of sp³-hybridized carbons (Fsp3) is 0.0286. The maximum Gasteiger partial charge on any atom is 0.244 e. The molecular weight excluding hydrogens is 473 g/mol. The first-order chi connectivity index (χ1) is 19.4. The number of benzene rings is 4. The molecule has 0 aliphatic carbocycles. The Kier molecular flexibility index (Phi) is 4.83. The van der Waals surface area contributed by atoms with E-state index in [0.717, 1.165) is 28.3 Å². The third-order valence-corrected chi connectivity index (χ3v) is 8.32. The molecule has 0 saturated carbocycles. The van der Waals surface area contributed by atoms with Gasteiger partial charge in [0.05, 0.1) is 22.5 Å². The molecule has 6 aromatic rings. The maximum absolute atomic E-state index is 5.22. The van der Waals surface area contributed by atoms with Crippen molar-refractivity contribution in [2.24, 2.45) is 0 Å². The zero-order chi connectivity index (χ0) is 25.8. The van der Waals surface area contributed by atoms with Gasteiger partial charge >= 0.3 is 0 Å². The van der Waals surface area contributed by atoms with Gasteiger partial charge in [-0.2, -0.15) is 0 Å². The first-order valence-electron chi connectivity index (χ1n) is 13.4. The second-order valence-corrected chi connectivity index (χ2v) is 10.2. The second-order valence-electron chi connectivity index (χ2n) is 10.2. The van der Waals surface area contributed by atoms with Crippen LogP contribution in [0.15, 0.2) is 146 Å². The molecule has 0 amide bonds. The predicted molar refractivity (Wildman–Crippen MR) is 160 cm³/mol. The summed E-state index contributed by atoms with van der Waals surface area (Å²) in [7, 11) is 0. The van der Waals surface area contributed by atoms with Gasteiger partial charge in [-0.05, 0) is 46.9 Å². The minimum Gasteiger partial charge on any atom is -0.310 e. The summed E-state index contributed by atoms with van der Waals surface area (Å²) in [6, 6.07) is 45.6. The van der Waals surface area contributed by atoms with E-state index in [1.807, 2.05) is 12.4 Å². The SMILES string of the molecule is c1ccc(B2c3ccccc3C3(c4ccccc4N(c4ccccc4)c4ccncc43)c3ncccc32)cc1. The quantitative estimate of drug-likeness (QED) is 0.297. The van der Waals surface area contributed by atoms with Gasteiger partial charge in [0.15, 0.2) is 0 Å². The van der Waals surface area contributed by atoms with E-state index in [1.165, 1.54) is 27.5 Å². The van der Waals surface area contributed by atoms with E-state index in [0.29, 0.717) is 0 Å². The molecule has 1 spiro atoms. The van der Waals surface area contributed by atoms with Crippen LogP contribution in [0.25, 0.3) is 0 Å². The summed E-state index contributed by atoms with van der Waals surface area (Å²) < 4.78 is 0. The molecule has 1 unspecified atom stereocenters. The Bertz CT molecular complexity index is 1600. The summed E-state index contributed by atoms with van der Waals surface area (Å²) in [6.45, 7) is 0.0937. The zero-order valence-corrected chi connectivity index (χ0v) is 21.3. The van der Waals surface area contributed by atoms with E-state index >= 15 is 0 Å². The summed E-state index contributed by atoms with van der Waals surface area (Å²) in [5.74, 6) is 0. The van der Waals surface area contributed by atoms with E-state index in [9.17, 15) is 0 Å². The number of nitrogens with zero attached hydrogens (tertiary/aromatic N) is 3. The lowest BCUT2D eigenvalue weighted by Gasteiger charge is -2.49. The van der Waals surface area contributed by atoms with E-state index in [4.69, 9.17) is 9.97 Å². The fourth-order valence-electron chi connectivity index (χ4n) is 6.89. The van der Waals surface area contributed by atoms with Gasteiger partial charge in [-0.15, -0.1) is 0 Å². The van der Waals surface area contributed by atoms with Gasteiger partial charge in [0.1, 0.15) is 0 Å². The Balaban J connectivity index is 1.53. The van der Waals surface area contributed by atoms with Crippen LogP contribution in [0.5, 0.6) is 0 Å². The van der Waals surface area contributed by atoms with Crippen LogP contribution in [0.3, 0.4) is 0 Å². The number of pyridine rings is 2. The summed E-state index contributed by atoms with van der Waals surface area (Å²) in [4.78, 5) is 12.3. The third-order valence-electron chi connectivity index (χ3n) is 8.32. The minimum absolute atomic E-state index is 0.0937. The molecule has 1 atom stereocenters. The molecule has 2 aromatic heterocycles. The highest BCUT2D eigenvalue weighted by Gasteiger charge is 2.53. The first-order valence-corrected chi connectivity index (χ1v) is 13.4. The van der Waals surface area contributed by atoms with Crippen LogP contribution < -0.4 is 21.3 Å². The molecule has 4 heteroatoms. The van der Waals surface area contributed by atoms with Crippen LogP contribution in [0.1, 0.15) is 22.4 Å². The van der Waals surface area contributed by atoms with Crippen molar-refractivity contribution in [1.82, 2.24) is 9.97 Å². The van der Waals surface area contributed by atoms with Crippen molar-refractivity contribution < 1.29 is 0 Å². The topological polar surface area (TPSA) is 29.0 Å². The Labute approximate surface area is 228 Å². The standard InChI is InChI=1S/C35H24BN3/c1-3-12-25(13-4-1)36-30-18-9-7-16-27(30)35(34-31(36)19-11-22-38-34)28-17-8-10-20-32(28)39(26-14-5-2-6-15-26)33-21-23-37-24-29(33)35/h1-24H. The highest BCUT2D eigenvalue weighted by Crippen LogP contribution is 2.57. The van der Waals surface area contributed by atoms with E-state index in [-0.39, 0.29) is 6.71 Å². The zero-order valence-electron chi connectivity index (χ0n) is 21.3. The highest BCUT2D eigenvalue weighted by molar-refractivity contribution is 6.96. The second kappa shape index (κ2) is 8.54. The van der Waals surface area contributed by atoms with Gasteiger partial charge in [0.2, 0.25) is 6.71 Å². The number of fused-ring (bicyclic) bond motifs is 8. The van der Waals surface area contributed by atoms with Gasteiger partial charge in [-0.1, -0.05) is 108 Å². The van der Waals surface area contributed by atoms with Gasteiger partial charge in [0.25, 0.3) is 0 Å². The van der Waals surface area contributed by atoms with E-state index in [1.54, 1.807) is 0 Å². The number of para-hydroxylation sites is 2. The molecule has 0 fully saturated rings. The fourth-order valence-corrected chi connectivity index (χ4v) is 6.89. The van der Waals surface area contributed by atoms with Crippen molar-refractivity contribution in [2.45, 2.75) is 5.41 Å². The first kappa shape index (κ1) is 22.1. The Morgan fingerprint density at radius 1 is 0.538 bits per heavy atom. The highest BCUT2D eigenvalue weighted by atomic mass is 15.2. The maximum atomic E-state index is 5.22. The Hall–Kier alpha value is -4.96. The Morgan fingerprint density at radius 3 is 2.05 bits per heavy atom. The van der Waals surface area contributed by atoms with Crippen molar-refractivity contribution in [3.8, 4) is 0 Å². The van der Waals surface area contributed by atoms with Crippen molar-refractivity contribution in [1.29, 1.82) is 0 Å². The molecule has 8 rings (SSSR count). The average molecular weight is 497 g/mol. The summed E-state index contributed by atoms with van der Waals surface area (Å²) in [6.07, 6.45) is 5.90. The van der Waals surface area contributed by atoms with Crippen LogP contribution in [-0.4, -0.2) is 16.7 Å². The average Bonchev–Trinajstić information content (AvgIpc) is 3.02. The van der Waals surface area contributed by atoms with Crippen molar-refractivity contribution in [2.75, 3.05) is 4.90 Å². The molecule has 0 saturated heterocycles. The minimum atomic E-state index is -0.607. The Morgan fingerprint density at radius 2 is 1.21 bits per heavy atom. The number of anilines is 3. The predicted octanol–water partition coefficient (Wildman–Crippen LogP) is 5.47. The van der Waals surface area contributed by atoms with Crippen LogP contribution >= 0.6 is 0 Å². The smallest absolute Gasteiger partial charge is 0.244 e. The van der Waals surface area contributed by atoms with Crippen molar-refractivity contribution >= 4 is 40.2 Å². The van der Waals surface area contributed by atoms with Crippen LogP contribution in [0.2, 0.25) is 0 Å². The number of rotatable bonds is 2. The van der Waals surface area contributed by atoms with Crippen LogP contribution in [-0.2, 0) is 5.41 Å². The van der Waals surface area contributed by atoms with Gasteiger partial charge in [-0.3, -0.25) is 9.97 Å². The molecule has 4 aromatic carbocycles. The molecule has 0 N–H and O–H groups in total. The third kappa shape index (κ3) is 3.00. The lowest BCUT2D eigenvalue weighted by Crippen LogP contribution is -2.63. The summed E-state index contributed by atoms with van der Waals surface area (Å²) >= 11 is 0. The number of hydrogen-bond donors (Lipinski definition) is 0. The van der Waals surface area contributed by atoms with Crippen LogP contribution in [0, 0.1) is 0 Å². The van der Waals surface area contributed by atoms with Crippen LogP contribution in [0.4, 0.5) is 17.1 Å². The number of hydrogen-bond acceptors (Lipinski definition) is 3. The normalized spacial score (nSPS) is 16.7. The molecule has 39 heavy (non-hydrogen) atoms. The van der Waals surface area contributed by atoms with E-state index < -0.39 is 5.41 Å². The molecule has 0 radical (unpaired) electrons. The van der Waals surface area contributed by atoms with Gasteiger partial charge in [-0.25, -0.2) is 0 Å². The number of aromatic nitrogens is 2. The van der Waals surface area contributed by atoms with E-state index in [2.05, 4.69) is 138 Å². The lowest BCUT2D eigenvalue weighted by molar-refractivity contribution is 0.704.